The summed E-state index contributed by atoms with van der Waals surface area (Å²) in [6.07, 6.45) is 13.0. The molecule has 0 aromatic rings. The van der Waals surface area contributed by atoms with Crippen molar-refractivity contribution in [3.05, 3.63) is 6.42 Å². The molecule has 1 atom stereocenters. The maximum absolute atomic E-state index is 2.58. The van der Waals surface area contributed by atoms with E-state index in [1.165, 1.54) is 44.9 Å². The van der Waals surface area contributed by atoms with Crippen LogP contribution in [0, 0.1) is 18.3 Å². The van der Waals surface area contributed by atoms with Crippen molar-refractivity contribution in [2.75, 3.05) is 0 Å². The SMILES string of the molecule is [CH]1CCCC1C1CCCC1. The van der Waals surface area contributed by atoms with Crippen LogP contribution < -0.4 is 0 Å². The Hall–Kier alpha value is 0. The summed E-state index contributed by atoms with van der Waals surface area (Å²) in [4.78, 5) is 0. The van der Waals surface area contributed by atoms with Crippen LogP contribution in [0.5, 0.6) is 0 Å². The Bertz CT molecular complexity index is 80.6. The van der Waals surface area contributed by atoms with Gasteiger partial charge in [0.25, 0.3) is 0 Å². The lowest BCUT2D eigenvalue weighted by molar-refractivity contribution is 0.391. The summed E-state index contributed by atoms with van der Waals surface area (Å²) < 4.78 is 0. The van der Waals surface area contributed by atoms with Crippen LogP contribution in [0.25, 0.3) is 0 Å². The zero-order valence-corrected chi connectivity index (χ0v) is 6.68. The van der Waals surface area contributed by atoms with Crippen molar-refractivity contribution in [1.82, 2.24) is 0 Å². The lowest BCUT2D eigenvalue weighted by atomic mass is 9.90. The summed E-state index contributed by atoms with van der Waals surface area (Å²) in [5.74, 6) is 2.13. The maximum Gasteiger partial charge on any atom is -0.0352 e. The highest BCUT2D eigenvalue weighted by molar-refractivity contribution is 4.89. The van der Waals surface area contributed by atoms with E-state index >= 15 is 0 Å². The standard InChI is InChI=1S/C10H17/c1-2-6-9(5-1)10-7-3-4-8-10/h5,9-10H,1-4,6-8H2. The first-order chi connectivity index (χ1) is 4.97. The van der Waals surface area contributed by atoms with Crippen LogP contribution in [0.3, 0.4) is 0 Å². The van der Waals surface area contributed by atoms with Crippen LogP contribution in [0.4, 0.5) is 0 Å². The van der Waals surface area contributed by atoms with Gasteiger partial charge in [-0.1, -0.05) is 32.1 Å². The summed E-state index contributed by atoms with van der Waals surface area (Å²) in [6.45, 7) is 0. The lowest BCUT2D eigenvalue weighted by Crippen LogP contribution is -2.06. The van der Waals surface area contributed by atoms with Crippen molar-refractivity contribution in [2.24, 2.45) is 11.8 Å². The third-order valence-corrected chi connectivity index (χ3v) is 3.22. The van der Waals surface area contributed by atoms with Crippen LogP contribution in [-0.2, 0) is 0 Å². The highest BCUT2D eigenvalue weighted by Gasteiger charge is 2.27. The Labute approximate surface area is 64.0 Å². The normalized spacial score (nSPS) is 30.0. The van der Waals surface area contributed by atoms with Gasteiger partial charge in [-0.3, -0.25) is 0 Å². The predicted molar refractivity (Wildman–Crippen MR) is 43.6 cm³/mol. The van der Waals surface area contributed by atoms with Gasteiger partial charge in [0.15, 0.2) is 0 Å². The van der Waals surface area contributed by atoms with E-state index in [2.05, 4.69) is 6.42 Å². The minimum absolute atomic E-state index is 1.03. The molecule has 2 aliphatic rings. The Kier molecular flexibility index (Phi) is 1.97. The molecule has 2 saturated carbocycles. The Morgan fingerprint density at radius 1 is 0.900 bits per heavy atom. The monoisotopic (exact) mass is 137 g/mol. The molecule has 0 aromatic carbocycles. The van der Waals surface area contributed by atoms with E-state index in [-0.39, 0.29) is 0 Å². The fourth-order valence-electron chi connectivity index (χ4n) is 2.62. The Balaban J connectivity index is 1.85. The molecule has 0 heterocycles. The van der Waals surface area contributed by atoms with Crippen LogP contribution >= 0.6 is 0 Å². The van der Waals surface area contributed by atoms with E-state index in [4.69, 9.17) is 0 Å². The van der Waals surface area contributed by atoms with Gasteiger partial charge in [0.1, 0.15) is 0 Å². The van der Waals surface area contributed by atoms with Gasteiger partial charge in [-0.05, 0) is 31.1 Å². The zero-order valence-electron chi connectivity index (χ0n) is 6.68. The minimum atomic E-state index is 1.03. The summed E-state index contributed by atoms with van der Waals surface area (Å²) in [5, 5.41) is 0. The molecule has 1 radical (unpaired) electrons. The van der Waals surface area contributed by atoms with Crippen molar-refractivity contribution < 1.29 is 0 Å². The van der Waals surface area contributed by atoms with E-state index in [1.54, 1.807) is 0 Å². The summed E-state index contributed by atoms with van der Waals surface area (Å²) in [7, 11) is 0. The van der Waals surface area contributed by atoms with Gasteiger partial charge in [0, 0.05) is 0 Å². The van der Waals surface area contributed by atoms with E-state index < -0.39 is 0 Å². The van der Waals surface area contributed by atoms with Crippen LogP contribution in [0.15, 0.2) is 0 Å². The molecule has 2 fully saturated rings. The van der Waals surface area contributed by atoms with Crippen molar-refractivity contribution >= 4 is 0 Å². The molecular weight excluding hydrogens is 120 g/mol. The summed E-state index contributed by atoms with van der Waals surface area (Å²) in [5.41, 5.74) is 0. The first-order valence-electron chi connectivity index (χ1n) is 4.80. The van der Waals surface area contributed by atoms with Crippen molar-refractivity contribution in [1.29, 1.82) is 0 Å². The van der Waals surface area contributed by atoms with Crippen molar-refractivity contribution in [3.8, 4) is 0 Å². The first kappa shape index (κ1) is 6.69. The average molecular weight is 137 g/mol. The molecule has 2 rings (SSSR count). The minimum Gasteiger partial charge on any atom is -0.0530 e. The second-order valence-corrected chi connectivity index (χ2v) is 3.87. The van der Waals surface area contributed by atoms with Crippen LogP contribution in [0.2, 0.25) is 0 Å². The van der Waals surface area contributed by atoms with E-state index in [0.29, 0.717) is 0 Å². The topological polar surface area (TPSA) is 0 Å². The lowest BCUT2D eigenvalue weighted by Gasteiger charge is -2.15. The maximum atomic E-state index is 2.58. The Morgan fingerprint density at radius 3 is 2.30 bits per heavy atom. The first-order valence-corrected chi connectivity index (χ1v) is 4.80. The smallest absolute Gasteiger partial charge is 0.0352 e. The van der Waals surface area contributed by atoms with Gasteiger partial charge in [-0.25, -0.2) is 0 Å². The fourth-order valence-corrected chi connectivity index (χ4v) is 2.62. The van der Waals surface area contributed by atoms with E-state index in [1.807, 2.05) is 0 Å². The third-order valence-electron chi connectivity index (χ3n) is 3.22. The van der Waals surface area contributed by atoms with Gasteiger partial charge in [0.2, 0.25) is 0 Å². The van der Waals surface area contributed by atoms with Crippen LogP contribution in [-0.4, -0.2) is 0 Å². The van der Waals surface area contributed by atoms with Gasteiger partial charge in [-0.15, -0.1) is 0 Å². The second kappa shape index (κ2) is 2.94. The third kappa shape index (κ3) is 1.21. The van der Waals surface area contributed by atoms with Crippen LogP contribution in [0.1, 0.15) is 44.9 Å². The quantitative estimate of drug-likeness (QED) is 0.520. The van der Waals surface area contributed by atoms with E-state index in [0.717, 1.165) is 11.8 Å². The highest BCUT2D eigenvalue weighted by atomic mass is 14.3. The number of rotatable bonds is 1. The molecule has 0 aliphatic heterocycles. The van der Waals surface area contributed by atoms with Gasteiger partial charge in [0.05, 0.1) is 0 Å². The van der Waals surface area contributed by atoms with Crippen molar-refractivity contribution in [3.63, 3.8) is 0 Å². The molecule has 10 heavy (non-hydrogen) atoms. The molecule has 0 spiro atoms. The fraction of sp³-hybridized carbons (Fsp3) is 0.900. The molecule has 2 aliphatic carbocycles. The molecule has 0 nitrogen and oxygen atoms in total. The molecule has 0 bridgehead atoms. The van der Waals surface area contributed by atoms with Gasteiger partial charge >= 0.3 is 0 Å². The number of hydrogen-bond donors (Lipinski definition) is 0. The van der Waals surface area contributed by atoms with Gasteiger partial charge in [-0.2, -0.15) is 0 Å². The summed E-state index contributed by atoms with van der Waals surface area (Å²) in [6, 6.07) is 0. The molecular formula is C10H17. The molecule has 0 N–H and O–H groups in total. The van der Waals surface area contributed by atoms with Crippen molar-refractivity contribution in [2.45, 2.75) is 44.9 Å². The predicted octanol–water partition coefficient (Wildman–Crippen LogP) is 3.18. The molecule has 1 unspecified atom stereocenters. The second-order valence-electron chi connectivity index (χ2n) is 3.87. The molecule has 0 heteroatoms. The highest BCUT2D eigenvalue weighted by Crippen LogP contribution is 2.39. The molecule has 0 amide bonds. The zero-order chi connectivity index (χ0) is 6.81. The molecule has 57 valence electrons. The average Bonchev–Trinajstić information content (AvgIpc) is 2.59. The number of hydrogen-bond acceptors (Lipinski definition) is 0. The summed E-state index contributed by atoms with van der Waals surface area (Å²) >= 11 is 0. The molecule has 0 aromatic heterocycles. The Morgan fingerprint density at radius 2 is 1.70 bits per heavy atom. The largest absolute Gasteiger partial charge is 0.0530 e. The molecule has 0 saturated heterocycles. The van der Waals surface area contributed by atoms with Gasteiger partial charge < -0.3 is 0 Å². The van der Waals surface area contributed by atoms with E-state index in [9.17, 15) is 0 Å².